The molecule has 2 aromatic heterocycles. The van der Waals surface area contributed by atoms with Gasteiger partial charge in [-0.05, 0) is 56.6 Å². The maximum atomic E-state index is 13.3. The highest BCUT2D eigenvalue weighted by Gasteiger charge is 2.22. The van der Waals surface area contributed by atoms with Crippen LogP contribution >= 0.6 is 23.5 Å². The zero-order chi connectivity index (χ0) is 39.4. The highest BCUT2D eigenvalue weighted by Crippen LogP contribution is 2.28. The minimum absolute atomic E-state index is 0.0531. The van der Waals surface area contributed by atoms with Gasteiger partial charge in [0.2, 0.25) is 10.3 Å². The molecule has 0 amide bonds. The predicted octanol–water partition coefficient (Wildman–Crippen LogP) is 7.41. The number of hydrogen-bond acceptors (Lipinski definition) is 13. The molecule has 0 saturated carbocycles. The van der Waals surface area contributed by atoms with Gasteiger partial charge in [-0.25, -0.2) is 0 Å². The standard InChI is InChI=1S/C43H43N9O4S2/c53-39(29-50-23-12-3-13-24-50)56-36-30-54-37-21-10-8-19-34(37)27-44-51-40(32-15-4-1-5-16-32)46-48-42(51)57-25-14-26-58-43-49-47-41(33-17-6-2-7-18-33)52(43)45-28-35-20-9-11-22-38(35)55-31-36/h1-2,4-11,15-22,27-28,36H,3,12-14,23-26,29-31H2/b44-27+,45-28+. The van der Waals surface area contributed by atoms with Gasteiger partial charge in [-0.3, -0.25) is 9.69 Å². The van der Waals surface area contributed by atoms with Crippen molar-refractivity contribution in [2.45, 2.75) is 42.1 Å². The van der Waals surface area contributed by atoms with Crippen molar-refractivity contribution in [3.8, 4) is 34.3 Å². The normalized spacial score (nSPS) is 17.0. The van der Waals surface area contributed by atoms with E-state index in [2.05, 4.69) is 25.3 Å². The molecule has 1 saturated heterocycles. The van der Waals surface area contributed by atoms with E-state index in [1.54, 1.807) is 45.3 Å². The van der Waals surface area contributed by atoms with Gasteiger partial charge in [-0.15, -0.1) is 20.4 Å². The average Bonchev–Trinajstić information content (AvgIpc) is 3.87. The highest BCUT2D eigenvalue weighted by molar-refractivity contribution is 8.00. The Kier molecular flexibility index (Phi) is 13.2. The van der Waals surface area contributed by atoms with Crippen LogP contribution < -0.4 is 9.47 Å². The van der Waals surface area contributed by atoms with Crippen LogP contribution in [-0.2, 0) is 9.53 Å². The Balaban J connectivity index is 1.12. The number of fused-ring (bicyclic) bond motifs is 4. The van der Waals surface area contributed by atoms with Crippen molar-refractivity contribution in [3.63, 3.8) is 0 Å². The lowest BCUT2D eigenvalue weighted by Gasteiger charge is -2.26. The summed E-state index contributed by atoms with van der Waals surface area (Å²) in [7, 11) is 0. The number of para-hydroxylation sites is 2. The molecule has 4 heterocycles. The third-order valence-electron chi connectivity index (χ3n) is 9.45. The van der Waals surface area contributed by atoms with Gasteiger partial charge >= 0.3 is 5.97 Å². The first-order valence-electron chi connectivity index (χ1n) is 19.4. The van der Waals surface area contributed by atoms with Gasteiger partial charge in [0.25, 0.3) is 0 Å². The number of likely N-dealkylation sites (tertiary alicyclic amines) is 1. The summed E-state index contributed by atoms with van der Waals surface area (Å²) in [6, 6.07) is 35.0. The number of nitrogens with zero attached hydrogens (tertiary/aromatic N) is 9. The molecule has 0 bridgehead atoms. The summed E-state index contributed by atoms with van der Waals surface area (Å²) < 4.78 is 22.4. The largest absolute Gasteiger partial charge is 0.489 e. The molecule has 58 heavy (non-hydrogen) atoms. The summed E-state index contributed by atoms with van der Waals surface area (Å²) >= 11 is 3.17. The maximum Gasteiger partial charge on any atom is 0.320 e. The van der Waals surface area contributed by atoms with Crippen LogP contribution in [0.25, 0.3) is 22.8 Å². The van der Waals surface area contributed by atoms with Gasteiger partial charge in [0, 0.05) is 33.8 Å². The molecular formula is C43H43N9O4S2. The molecular weight excluding hydrogens is 771 g/mol. The summed E-state index contributed by atoms with van der Waals surface area (Å²) in [5, 5.41) is 29.3. The van der Waals surface area contributed by atoms with Crippen LogP contribution in [0.15, 0.2) is 130 Å². The Labute approximate surface area is 345 Å². The number of benzene rings is 4. The molecule has 0 spiro atoms. The molecule has 13 nitrogen and oxygen atoms in total. The van der Waals surface area contributed by atoms with Crippen molar-refractivity contribution < 1.29 is 19.0 Å². The summed E-state index contributed by atoms with van der Waals surface area (Å²) in [6.45, 7) is 2.08. The van der Waals surface area contributed by atoms with Gasteiger partial charge in [0.15, 0.2) is 17.8 Å². The number of ether oxygens (including phenoxy) is 3. The van der Waals surface area contributed by atoms with Gasteiger partial charge in [0.05, 0.1) is 19.0 Å². The number of piperidine rings is 1. The molecule has 4 aromatic carbocycles. The van der Waals surface area contributed by atoms with Crippen molar-refractivity contribution in [3.05, 3.63) is 120 Å². The Morgan fingerprint density at radius 1 is 0.603 bits per heavy atom. The SMILES string of the molecule is O=C(CN1CCCCC1)OC1COc2ccccc2/C=N/n2c(nnc2-c2ccccc2)SCCCSc2nnc(-c3ccccc3)n2/N=C/c2ccccc2OC1. The quantitative estimate of drug-likeness (QED) is 0.161. The minimum Gasteiger partial charge on any atom is -0.489 e. The van der Waals surface area contributed by atoms with E-state index >= 15 is 0 Å². The zero-order valence-corrected chi connectivity index (χ0v) is 33.5. The molecule has 296 valence electrons. The third-order valence-corrected chi connectivity index (χ3v) is 11.5. The molecule has 0 unspecified atom stereocenters. The smallest absolute Gasteiger partial charge is 0.320 e. The molecule has 15 heteroatoms. The van der Waals surface area contributed by atoms with Crippen LogP contribution in [-0.4, -0.2) is 104 Å². The Hall–Kier alpha value is -5.77. The number of thioether (sulfide) groups is 2. The number of carbonyl (C=O) groups excluding carboxylic acids is 1. The van der Waals surface area contributed by atoms with Crippen LogP contribution in [0.2, 0.25) is 0 Å². The van der Waals surface area contributed by atoms with E-state index in [4.69, 9.17) is 24.4 Å². The van der Waals surface area contributed by atoms with Crippen molar-refractivity contribution in [1.82, 2.24) is 34.6 Å². The van der Waals surface area contributed by atoms with Crippen molar-refractivity contribution in [1.29, 1.82) is 0 Å². The van der Waals surface area contributed by atoms with Gasteiger partial charge in [-0.1, -0.05) is 115 Å². The second-order valence-corrected chi connectivity index (χ2v) is 15.8. The predicted molar refractivity (Wildman–Crippen MR) is 227 cm³/mol. The third kappa shape index (κ3) is 10.0. The molecule has 2 aliphatic heterocycles. The van der Waals surface area contributed by atoms with Crippen molar-refractivity contribution in [2.24, 2.45) is 10.2 Å². The van der Waals surface area contributed by atoms with E-state index in [1.807, 2.05) is 109 Å². The van der Waals surface area contributed by atoms with E-state index in [1.165, 1.54) is 6.42 Å². The van der Waals surface area contributed by atoms with E-state index in [-0.39, 0.29) is 25.7 Å². The number of carbonyl (C=O) groups is 1. The molecule has 0 N–H and O–H groups in total. The summed E-state index contributed by atoms with van der Waals surface area (Å²) in [5.41, 5.74) is 3.27. The molecule has 2 aliphatic rings. The monoisotopic (exact) mass is 813 g/mol. The van der Waals surface area contributed by atoms with E-state index in [9.17, 15) is 4.79 Å². The number of rotatable bonds is 5. The van der Waals surface area contributed by atoms with Crippen LogP contribution in [0.5, 0.6) is 11.5 Å². The van der Waals surface area contributed by atoms with E-state index in [0.717, 1.165) is 66.1 Å². The molecule has 0 radical (unpaired) electrons. The lowest BCUT2D eigenvalue weighted by Crippen LogP contribution is -2.39. The number of esters is 1. The summed E-state index contributed by atoms with van der Waals surface area (Å²) in [4.78, 5) is 15.5. The van der Waals surface area contributed by atoms with Crippen LogP contribution in [0.4, 0.5) is 0 Å². The first kappa shape index (κ1) is 39.1. The average molecular weight is 814 g/mol. The molecule has 0 aliphatic carbocycles. The molecule has 1 fully saturated rings. The molecule has 0 atom stereocenters. The van der Waals surface area contributed by atoms with E-state index in [0.29, 0.717) is 33.5 Å². The number of hydrogen-bond donors (Lipinski definition) is 0. The Morgan fingerprint density at radius 3 is 1.60 bits per heavy atom. The van der Waals surface area contributed by atoms with Gasteiger partial charge in [0.1, 0.15) is 24.7 Å². The highest BCUT2D eigenvalue weighted by atomic mass is 32.2. The second-order valence-electron chi connectivity index (χ2n) is 13.7. The first-order valence-corrected chi connectivity index (χ1v) is 21.4. The minimum atomic E-state index is -0.721. The van der Waals surface area contributed by atoms with Crippen molar-refractivity contribution >= 4 is 41.9 Å². The summed E-state index contributed by atoms with van der Waals surface area (Å²) in [6.07, 6.45) is 6.95. The Bertz CT molecular complexity index is 2180. The zero-order valence-electron chi connectivity index (χ0n) is 31.9. The Morgan fingerprint density at radius 2 is 1.09 bits per heavy atom. The van der Waals surface area contributed by atoms with Gasteiger partial charge < -0.3 is 14.2 Å². The van der Waals surface area contributed by atoms with Crippen molar-refractivity contribution in [2.75, 3.05) is 44.4 Å². The van der Waals surface area contributed by atoms with E-state index < -0.39 is 6.10 Å². The van der Waals surface area contributed by atoms with Gasteiger partial charge in [-0.2, -0.15) is 19.6 Å². The fourth-order valence-corrected chi connectivity index (χ4v) is 8.36. The first-order chi connectivity index (χ1) is 28.7. The lowest BCUT2D eigenvalue weighted by molar-refractivity contribution is -0.153. The van der Waals surface area contributed by atoms with Crippen LogP contribution in [0, 0.1) is 0 Å². The fourth-order valence-electron chi connectivity index (χ4n) is 6.52. The number of aromatic nitrogens is 6. The maximum absolute atomic E-state index is 13.3. The lowest BCUT2D eigenvalue weighted by atomic mass is 10.1. The fraction of sp³-hybridized carbons (Fsp3) is 0.279. The molecule has 8 rings (SSSR count). The van der Waals surface area contributed by atoms with Crippen LogP contribution in [0.1, 0.15) is 36.8 Å². The summed E-state index contributed by atoms with van der Waals surface area (Å²) in [5.74, 6) is 3.62. The second kappa shape index (κ2) is 19.6. The molecule has 6 aromatic rings. The topological polar surface area (TPSA) is 134 Å². The van der Waals surface area contributed by atoms with Crippen LogP contribution in [0.3, 0.4) is 0 Å².